The smallest absolute Gasteiger partial charge is 0.406 e. The largest absolute Gasteiger partial charge is 0.573 e. The van der Waals surface area contributed by atoms with Crippen LogP contribution in [0.1, 0.15) is 12.2 Å². The van der Waals surface area contributed by atoms with E-state index in [0.717, 1.165) is 12.1 Å². The highest BCUT2D eigenvalue weighted by Gasteiger charge is 2.31. The van der Waals surface area contributed by atoms with Crippen molar-refractivity contribution in [3.63, 3.8) is 0 Å². The molecule has 32 heavy (non-hydrogen) atoms. The van der Waals surface area contributed by atoms with E-state index in [1.165, 1.54) is 24.1 Å². The van der Waals surface area contributed by atoms with E-state index in [1.54, 1.807) is 24.3 Å². The lowest BCUT2D eigenvalue weighted by Crippen LogP contribution is -2.35. The quantitative estimate of drug-likeness (QED) is 0.579. The van der Waals surface area contributed by atoms with Gasteiger partial charge in [0, 0.05) is 25.6 Å². The first kappa shape index (κ1) is 22.8. The van der Waals surface area contributed by atoms with Gasteiger partial charge in [0.2, 0.25) is 11.8 Å². The molecule has 0 spiro atoms. The highest BCUT2D eigenvalue weighted by atomic mass is 19.4. The third kappa shape index (κ3) is 6.30. The molecule has 3 rings (SSSR count). The van der Waals surface area contributed by atoms with Crippen LogP contribution in [0.2, 0.25) is 0 Å². The molecule has 8 nitrogen and oxygen atoms in total. The van der Waals surface area contributed by atoms with E-state index in [1.807, 2.05) is 0 Å². The number of ether oxygens (including phenoxy) is 1. The minimum absolute atomic E-state index is 0.0224. The van der Waals surface area contributed by atoms with Gasteiger partial charge in [-0.1, -0.05) is 12.1 Å². The number of aromatic amines is 1. The fourth-order valence-corrected chi connectivity index (χ4v) is 2.91. The van der Waals surface area contributed by atoms with Crippen LogP contribution in [0, 0.1) is 0 Å². The molecular formula is C21H19F3N4O4. The van der Waals surface area contributed by atoms with Crippen LogP contribution in [0.4, 0.5) is 18.9 Å². The third-order valence-electron chi connectivity index (χ3n) is 4.42. The number of nitrogens with zero attached hydrogens (tertiary/aromatic N) is 2. The number of carbonyl (C=O) groups is 2. The lowest BCUT2D eigenvalue weighted by Gasteiger charge is -2.17. The van der Waals surface area contributed by atoms with Gasteiger partial charge in [-0.05, 0) is 36.4 Å². The average Bonchev–Trinajstić information content (AvgIpc) is 2.72. The van der Waals surface area contributed by atoms with E-state index in [9.17, 15) is 27.6 Å². The number of amides is 2. The van der Waals surface area contributed by atoms with E-state index in [4.69, 9.17) is 0 Å². The molecule has 0 aliphatic heterocycles. The van der Waals surface area contributed by atoms with E-state index < -0.39 is 18.0 Å². The highest BCUT2D eigenvalue weighted by molar-refractivity contribution is 5.94. The monoisotopic (exact) mass is 448 g/mol. The molecule has 1 aromatic heterocycles. The van der Waals surface area contributed by atoms with Crippen LogP contribution in [-0.2, 0) is 16.0 Å². The van der Waals surface area contributed by atoms with Gasteiger partial charge >= 0.3 is 6.36 Å². The number of hydrogen-bond acceptors (Lipinski definition) is 5. The fraction of sp³-hybridized carbons (Fsp3) is 0.238. The summed E-state index contributed by atoms with van der Waals surface area (Å²) < 4.78 is 40.3. The average molecular weight is 448 g/mol. The zero-order chi connectivity index (χ0) is 23.3. The van der Waals surface area contributed by atoms with Crippen molar-refractivity contribution < 1.29 is 27.5 Å². The van der Waals surface area contributed by atoms with Crippen molar-refractivity contribution in [3.8, 4) is 5.75 Å². The van der Waals surface area contributed by atoms with Gasteiger partial charge in [0.25, 0.3) is 5.56 Å². The number of H-pyrrole nitrogens is 1. The Bertz CT molecular complexity index is 1180. The zero-order valence-corrected chi connectivity index (χ0v) is 16.9. The SMILES string of the molecule is CN(CC(=O)Nc1ccc(OC(F)(F)F)cc1)C(=O)CCc1nc2ccccc2c(=O)[nH]1. The van der Waals surface area contributed by atoms with Crippen LogP contribution in [0.3, 0.4) is 0 Å². The summed E-state index contributed by atoms with van der Waals surface area (Å²) in [6, 6.07) is 11.5. The number of aromatic nitrogens is 2. The minimum Gasteiger partial charge on any atom is -0.406 e. The first-order chi connectivity index (χ1) is 15.1. The second-order valence-corrected chi connectivity index (χ2v) is 6.90. The van der Waals surface area contributed by atoms with Crippen LogP contribution >= 0.6 is 0 Å². The van der Waals surface area contributed by atoms with Gasteiger partial charge in [-0.25, -0.2) is 4.98 Å². The van der Waals surface area contributed by atoms with Crippen molar-refractivity contribution in [2.24, 2.45) is 0 Å². The summed E-state index contributed by atoms with van der Waals surface area (Å²) in [5.74, 6) is -0.920. The maximum Gasteiger partial charge on any atom is 0.573 e. The molecule has 0 saturated heterocycles. The molecule has 0 atom stereocenters. The number of anilines is 1. The van der Waals surface area contributed by atoms with Crippen molar-refractivity contribution in [2.45, 2.75) is 19.2 Å². The summed E-state index contributed by atoms with van der Waals surface area (Å²) in [6.45, 7) is -0.263. The second-order valence-electron chi connectivity index (χ2n) is 6.90. The fourth-order valence-electron chi connectivity index (χ4n) is 2.91. The van der Waals surface area contributed by atoms with Gasteiger partial charge < -0.3 is 19.9 Å². The molecule has 2 amide bonds. The number of alkyl halides is 3. The van der Waals surface area contributed by atoms with E-state index in [-0.39, 0.29) is 36.5 Å². The summed E-state index contributed by atoms with van der Waals surface area (Å²) >= 11 is 0. The van der Waals surface area contributed by atoms with Gasteiger partial charge in [-0.15, -0.1) is 13.2 Å². The summed E-state index contributed by atoms with van der Waals surface area (Å²) in [7, 11) is 1.44. The molecule has 0 aliphatic carbocycles. The maximum absolute atomic E-state index is 12.3. The molecule has 0 saturated carbocycles. The van der Waals surface area contributed by atoms with Gasteiger partial charge in [0.05, 0.1) is 17.4 Å². The highest BCUT2D eigenvalue weighted by Crippen LogP contribution is 2.23. The Morgan fingerprint density at radius 2 is 1.81 bits per heavy atom. The van der Waals surface area contributed by atoms with Crippen LogP contribution in [0.25, 0.3) is 10.9 Å². The van der Waals surface area contributed by atoms with Crippen LogP contribution in [0.5, 0.6) is 5.75 Å². The number of fused-ring (bicyclic) bond motifs is 1. The molecule has 3 aromatic rings. The lowest BCUT2D eigenvalue weighted by atomic mass is 10.2. The predicted molar refractivity (Wildman–Crippen MR) is 110 cm³/mol. The van der Waals surface area contributed by atoms with Crippen molar-refractivity contribution in [2.75, 3.05) is 18.9 Å². The van der Waals surface area contributed by atoms with Crippen LogP contribution in [0.15, 0.2) is 53.3 Å². The molecule has 0 bridgehead atoms. The first-order valence-corrected chi connectivity index (χ1v) is 9.48. The van der Waals surface area contributed by atoms with Crippen LogP contribution in [-0.4, -0.2) is 46.6 Å². The van der Waals surface area contributed by atoms with Crippen molar-refractivity contribution in [1.29, 1.82) is 0 Å². The number of benzene rings is 2. The molecule has 1 heterocycles. The van der Waals surface area contributed by atoms with Crippen molar-refractivity contribution in [1.82, 2.24) is 14.9 Å². The number of aryl methyl sites for hydroxylation is 1. The first-order valence-electron chi connectivity index (χ1n) is 9.48. The minimum atomic E-state index is -4.80. The third-order valence-corrected chi connectivity index (χ3v) is 4.42. The summed E-state index contributed by atoms with van der Waals surface area (Å²) in [5.41, 5.74) is 0.485. The lowest BCUT2D eigenvalue weighted by molar-refractivity contribution is -0.274. The van der Waals surface area contributed by atoms with E-state index in [0.29, 0.717) is 16.7 Å². The number of likely N-dealkylation sites (N-methyl/N-ethyl adjacent to an activating group) is 1. The molecule has 0 radical (unpaired) electrons. The molecule has 2 N–H and O–H groups in total. The Morgan fingerprint density at radius 3 is 2.50 bits per heavy atom. The molecular weight excluding hydrogens is 429 g/mol. The Balaban J connectivity index is 1.51. The van der Waals surface area contributed by atoms with E-state index >= 15 is 0 Å². The van der Waals surface area contributed by atoms with Crippen molar-refractivity contribution in [3.05, 3.63) is 64.7 Å². The number of para-hydroxylation sites is 1. The van der Waals surface area contributed by atoms with Gasteiger partial charge in [-0.2, -0.15) is 0 Å². The predicted octanol–water partition coefficient (Wildman–Crippen LogP) is 2.85. The zero-order valence-electron chi connectivity index (χ0n) is 16.9. The van der Waals surface area contributed by atoms with Gasteiger partial charge in [-0.3, -0.25) is 14.4 Å². The Morgan fingerprint density at radius 1 is 1.12 bits per heavy atom. The molecule has 0 aliphatic rings. The second kappa shape index (κ2) is 9.50. The number of halogens is 3. The topological polar surface area (TPSA) is 104 Å². The van der Waals surface area contributed by atoms with Crippen molar-refractivity contribution >= 4 is 28.4 Å². The van der Waals surface area contributed by atoms with Crippen LogP contribution < -0.4 is 15.6 Å². The maximum atomic E-state index is 12.3. The summed E-state index contributed by atoms with van der Waals surface area (Å²) in [5, 5.41) is 2.94. The number of nitrogens with one attached hydrogen (secondary N) is 2. The summed E-state index contributed by atoms with van der Waals surface area (Å²) in [6.07, 6.45) is -4.59. The van der Waals surface area contributed by atoms with Gasteiger partial charge in [0.15, 0.2) is 0 Å². The van der Waals surface area contributed by atoms with E-state index in [2.05, 4.69) is 20.0 Å². The number of rotatable bonds is 7. The van der Waals surface area contributed by atoms with Gasteiger partial charge in [0.1, 0.15) is 11.6 Å². The standard InChI is InChI=1S/C21H19F3N4O4/c1-28(12-18(29)25-13-6-8-14(9-7-13)32-21(22,23)24)19(30)11-10-17-26-16-5-3-2-4-15(16)20(31)27-17/h2-9H,10-12H2,1H3,(H,25,29)(H,26,27,31). The normalized spacial score (nSPS) is 11.2. The molecule has 11 heteroatoms. The molecule has 168 valence electrons. The molecule has 0 unspecified atom stereocenters. The Hall–Kier alpha value is -3.89. The Labute approximate surface area is 180 Å². The molecule has 2 aromatic carbocycles. The number of carbonyl (C=O) groups excluding carboxylic acids is 2. The summed E-state index contributed by atoms with van der Waals surface area (Å²) in [4.78, 5) is 44.7. The molecule has 0 fully saturated rings. The number of hydrogen-bond donors (Lipinski definition) is 2. The Kier molecular flexibility index (Phi) is 6.76.